The maximum atomic E-state index is 5.46. The van der Waals surface area contributed by atoms with Gasteiger partial charge in [-0.1, -0.05) is 13.3 Å². The van der Waals surface area contributed by atoms with Crippen LogP contribution < -0.4 is 10.1 Å². The van der Waals surface area contributed by atoms with Crippen molar-refractivity contribution in [1.82, 2.24) is 9.97 Å². The van der Waals surface area contributed by atoms with Crippen molar-refractivity contribution in [2.45, 2.75) is 58.9 Å². The van der Waals surface area contributed by atoms with E-state index < -0.39 is 0 Å². The van der Waals surface area contributed by atoms with E-state index >= 15 is 0 Å². The SMILES string of the molecule is CCOc1cc(C)nc(NC2CCC(CC)CC2)n1. The smallest absolute Gasteiger partial charge is 0.226 e. The van der Waals surface area contributed by atoms with Crippen LogP contribution in [-0.4, -0.2) is 22.6 Å². The number of rotatable bonds is 5. The van der Waals surface area contributed by atoms with Gasteiger partial charge in [0.25, 0.3) is 0 Å². The van der Waals surface area contributed by atoms with E-state index in [-0.39, 0.29) is 0 Å². The number of aryl methyl sites for hydroxylation is 1. The lowest BCUT2D eigenvalue weighted by Crippen LogP contribution is -2.27. The molecular weight excluding hydrogens is 238 g/mol. The summed E-state index contributed by atoms with van der Waals surface area (Å²) < 4.78 is 5.46. The maximum absolute atomic E-state index is 5.46. The lowest BCUT2D eigenvalue weighted by atomic mass is 9.85. The van der Waals surface area contributed by atoms with E-state index in [2.05, 4.69) is 22.2 Å². The molecule has 1 aromatic heterocycles. The molecule has 0 saturated heterocycles. The van der Waals surface area contributed by atoms with Crippen LogP contribution in [0.4, 0.5) is 5.95 Å². The fourth-order valence-electron chi connectivity index (χ4n) is 2.72. The number of anilines is 1. The zero-order chi connectivity index (χ0) is 13.7. The quantitative estimate of drug-likeness (QED) is 0.882. The number of aromatic nitrogens is 2. The largest absolute Gasteiger partial charge is 0.478 e. The van der Waals surface area contributed by atoms with Gasteiger partial charge in [-0.2, -0.15) is 4.98 Å². The van der Waals surface area contributed by atoms with Gasteiger partial charge in [-0.3, -0.25) is 0 Å². The van der Waals surface area contributed by atoms with Crippen LogP contribution in [0.25, 0.3) is 0 Å². The van der Waals surface area contributed by atoms with Crippen molar-refractivity contribution in [3.8, 4) is 5.88 Å². The molecular formula is C15H25N3O. The summed E-state index contributed by atoms with van der Waals surface area (Å²) in [5, 5.41) is 3.46. The van der Waals surface area contributed by atoms with Gasteiger partial charge in [0.1, 0.15) is 0 Å². The molecule has 0 radical (unpaired) electrons. The fourth-order valence-corrected chi connectivity index (χ4v) is 2.72. The Morgan fingerprint density at radius 3 is 2.58 bits per heavy atom. The van der Waals surface area contributed by atoms with Gasteiger partial charge in [-0.15, -0.1) is 0 Å². The molecule has 1 saturated carbocycles. The van der Waals surface area contributed by atoms with Gasteiger partial charge in [0.2, 0.25) is 11.8 Å². The van der Waals surface area contributed by atoms with Gasteiger partial charge < -0.3 is 10.1 Å². The highest BCUT2D eigenvalue weighted by atomic mass is 16.5. The molecule has 2 rings (SSSR count). The van der Waals surface area contributed by atoms with Crippen LogP contribution in [0, 0.1) is 12.8 Å². The number of hydrogen-bond donors (Lipinski definition) is 1. The fraction of sp³-hybridized carbons (Fsp3) is 0.733. The summed E-state index contributed by atoms with van der Waals surface area (Å²) in [7, 11) is 0. The summed E-state index contributed by atoms with van der Waals surface area (Å²) in [6.45, 7) is 6.87. The number of nitrogens with zero attached hydrogens (tertiary/aromatic N) is 2. The minimum atomic E-state index is 0.513. The third-order valence-electron chi connectivity index (χ3n) is 3.88. The van der Waals surface area contributed by atoms with Gasteiger partial charge in [-0.05, 0) is 45.4 Å². The number of nitrogens with one attached hydrogen (secondary N) is 1. The normalized spacial score (nSPS) is 23.1. The van der Waals surface area contributed by atoms with E-state index in [9.17, 15) is 0 Å². The number of hydrogen-bond acceptors (Lipinski definition) is 4. The molecule has 1 fully saturated rings. The van der Waals surface area contributed by atoms with E-state index in [0.717, 1.165) is 11.6 Å². The summed E-state index contributed by atoms with van der Waals surface area (Å²) in [6.07, 6.45) is 6.39. The molecule has 4 nitrogen and oxygen atoms in total. The Morgan fingerprint density at radius 1 is 1.21 bits per heavy atom. The second kappa shape index (κ2) is 6.73. The molecule has 1 aliphatic rings. The first-order valence-electron chi connectivity index (χ1n) is 7.46. The molecule has 1 N–H and O–H groups in total. The lowest BCUT2D eigenvalue weighted by molar-refractivity contribution is 0.322. The van der Waals surface area contributed by atoms with Crippen LogP contribution in [0.1, 0.15) is 51.6 Å². The third-order valence-corrected chi connectivity index (χ3v) is 3.88. The average Bonchev–Trinajstić information content (AvgIpc) is 2.39. The van der Waals surface area contributed by atoms with Crippen molar-refractivity contribution < 1.29 is 4.74 Å². The summed E-state index contributed by atoms with van der Waals surface area (Å²) >= 11 is 0. The van der Waals surface area contributed by atoms with Crippen LogP contribution >= 0.6 is 0 Å². The van der Waals surface area contributed by atoms with E-state index in [4.69, 9.17) is 4.74 Å². The van der Waals surface area contributed by atoms with Crippen LogP contribution in [0.15, 0.2) is 6.07 Å². The van der Waals surface area contributed by atoms with Crippen LogP contribution in [0.3, 0.4) is 0 Å². The third kappa shape index (κ3) is 4.08. The second-order valence-corrected chi connectivity index (χ2v) is 5.37. The highest BCUT2D eigenvalue weighted by molar-refractivity contribution is 5.31. The first kappa shape index (κ1) is 14.1. The van der Waals surface area contributed by atoms with Gasteiger partial charge in [0.05, 0.1) is 6.61 Å². The maximum Gasteiger partial charge on any atom is 0.226 e. The molecule has 0 atom stereocenters. The van der Waals surface area contributed by atoms with E-state index in [1.165, 1.54) is 32.1 Å². The van der Waals surface area contributed by atoms with Crippen LogP contribution in [0.5, 0.6) is 5.88 Å². The first-order valence-corrected chi connectivity index (χ1v) is 7.46. The van der Waals surface area contributed by atoms with Crippen molar-refractivity contribution in [3.05, 3.63) is 11.8 Å². The Hall–Kier alpha value is -1.32. The van der Waals surface area contributed by atoms with E-state index in [1.54, 1.807) is 0 Å². The molecule has 0 unspecified atom stereocenters. The summed E-state index contributed by atoms with van der Waals surface area (Å²) in [6, 6.07) is 2.39. The highest BCUT2D eigenvalue weighted by Gasteiger charge is 2.20. The standard InChI is InChI=1S/C15H25N3O/c1-4-12-6-8-13(9-7-12)17-15-16-11(3)10-14(18-15)19-5-2/h10,12-13H,4-9H2,1-3H3,(H,16,17,18). The molecule has 0 bridgehead atoms. The van der Waals surface area contributed by atoms with Gasteiger partial charge >= 0.3 is 0 Å². The minimum absolute atomic E-state index is 0.513. The zero-order valence-corrected chi connectivity index (χ0v) is 12.3. The number of ether oxygens (including phenoxy) is 1. The second-order valence-electron chi connectivity index (χ2n) is 5.37. The van der Waals surface area contributed by atoms with Gasteiger partial charge in [0.15, 0.2) is 0 Å². The van der Waals surface area contributed by atoms with Gasteiger partial charge in [-0.25, -0.2) is 4.98 Å². The van der Waals surface area contributed by atoms with Crippen molar-refractivity contribution in [3.63, 3.8) is 0 Å². The Morgan fingerprint density at radius 2 is 1.95 bits per heavy atom. The monoisotopic (exact) mass is 263 g/mol. The molecule has 1 aliphatic carbocycles. The molecule has 0 amide bonds. The van der Waals surface area contributed by atoms with Crippen LogP contribution in [0.2, 0.25) is 0 Å². The minimum Gasteiger partial charge on any atom is -0.478 e. The van der Waals surface area contributed by atoms with E-state index in [1.807, 2.05) is 19.9 Å². The Bertz CT molecular complexity index is 400. The average molecular weight is 263 g/mol. The summed E-state index contributed by atoms with van der Waals surface area (Å²) in [5.74, 6) is 2.29. The molecule has 4 heteroatoms. The van der Waals surface area contributed by atoms with Crippen LogP contribution in [-0.2, 0) is 0 Å². The topological polar surface area (TPSA) is 47.0 Å². The summed E-state index contributed by atoms with van der Waals surface area (Å²) in [4.78, 5) is 8.86. The molecule has 0 spiro atoms. The Labute approximate surface area is 116 Å². The van der Waals surface area contributed by atoms with Crippen molar-refractivity contribution in [2.24, 2.45) is 5.92 Å². The predicted molar refractivity (Wildman–Crippen MR) is 77.6 cm³/mol. The molecule has 0 aromatic carbocycles. The lowest BCUT2D eigenvalue weighted by Gasteiger charge is -2.28. The Kier molecular flexibility index (Phi) is 5.00. The van der Waals surface area contributed by atoms with Crippen molar-refractivity contribution >= 4 is 5.95 Å². The molecule has 19 heavy (non-hydrogen) atoms. The highest BCUT2D eigenvalue weighted by Crippen LogP contribution is 2.28. The first-order chi connectivity index (χ1) is 9.21. The van der Waals surface area contributed by atoms with E-state index in [0.29, 0.717) is 24.5 Å². The van der Waals surface area contributed by atoms with Crippen molar-refractivity contribution in [2.75, 3.05) is 11.9 Å². The van der Waals surface area contributed by atoms with Crippen molar-refractivity contribution in [1.29, 1.82) is 0 Å². The zero-order valence-electron chi connectivity index (χ0n) is 12.3. The molecule has 0 aliphatic heterocycles. The molecule has 1 aromatic rings. The Balaban J connectivity index is 1.95. The molecule has 1 heterocycles. The van der Waals surface area contributed by atoms with Gasteiger partial charge in [0, 0.05) is 17.8 Å². The predicted octanol–water partition coefficient (Wildman–Crippen LogP) is 3.56. The summed E-state index contributed by atoms with van der Waals surface area (Å²) in [5.41, 5.74) is 0.947. The molecule has 106 valence electrons.